The number of rotatable bonds is 3. The third-order valence-corrected chi connectivity index (χ3v) is 5.71. The summed E-state index contributed by atoms with van der Waals surface area (Å²) < 4.78 is 29.8. The van der Waals surface area contributed by atoms with Crippen molar-refractivity contribution in [1.82, 2.24) is 0 Å². The average Bonchev–Trinajstić information content (AvgIpc) is 2.35. The maximum absolute atomic E-state index is 12.3. The van der Waals surface area contributed by atoms with Gasteiger partial charge in [-0.05, 0) is 25.0 Å². The van der Waals surface area contributed by atoms with Crippen molar-refractivity contribution in [1.29, 1.82) is 0 Å². The van der Waals surface area contributed by atoms with E-state index in [1.54, 1.807) is 18.2 Å². The summed E-state index contributed by atoms with van der Waals surface area (Å²) in [5.74, 6) is -0.0941. The molecule has 0 amide bonds. The molecule has 0 atom stereocenters. The molecular formula is C12H16ClNO3S. The molecule has 18 heavy (non-hydrogen) atoms. The number of hydrogen-bond acceptors (Lipinski definition) is 4. The third-order valence-electron chi connectivity index (χ3n) is 3.18. The van der Waals surface area contributed by atoms with E-state index in [4.69, 9.17) is 22.1 Å². The highest BCUT2D eigenvalue weighted by molar-refractivity contribution is 7.91. The third kappa shape index (κ3) is 2.96. The zero-order valence-corrected chi connectivity index (χ0v) is 11.5. The van der Waals surface area contributed by atoms with Crippen LogP contribution >= 0.6 is 11.6 Å². The van der Waals surface area contributed by atoms with Crippen LogP contribution in [-0.4, -0.2) is 26.9 Å². The Hall–Kier alpha value is -0.780. The van der Waals surface area contributed by atoms with Gasteiger partial charge >= 0.3 is 0 Å². The van der Waals surface area contributed by atoms with Crippen LogP contribution in [0, 0.1) is 0 Å². The molecule has 1 aliphatic heterocycles. The van der Waals surface area contributed by atoms with E-state index in [1.165, 1.54) is 0 Å². The van der Waals surface area contributed by atoms with Gasteiger partial charge < -0.3 is 10.5 Å². The second kappa shape index (κ2) is 5.47. The van der Waals surface area contributed by atoms with Gasteiger partial charge in [-0.15, -0.1) is 0 Å². The molecule has 0 radical (unpaired) electrons. The Balaban J connectivity index is 2.22. The van der Waals surface area contributed by atoms with Crippen molar-refractivity contribution in [2.24, 2.45) is 0 Å². The molecule has 1 aromatic rings. The van der Waals surface area contributed by atoms with Gasteiger partial charge in [0.1, 0.15) is 0 Å². The summed E-state index contributed by atoms with van der Waals surface area (Å²) in [4.78, 5) is 0. The lowest BCUT2D eigenvalue weighted by Crippen LogP contribution is -2.30. The van der Waals surface area contributed by atoms with E-state index in [0.717, 1.165) is 0 Å². The molecule has 4 nitrogen and oxygen atoms in total. The number of nitrogens with two attached hydrogens (primary N) is 1. The molecule has 6 heteroatoms. The quantitative estimate of drug-likeness (QED) is 0.864. The van der Waals surface area contributed by atoms with E-state index in [2.05, 4.69) is 0 Å². The summed E-state index contributed by atoms with van der Waals surface area (Å²) in [6.45, 7) is 1.00. The zero-order chi connectivity index (χ0) is 13.2. The Morgan fingerprint density at radius 2 is 2.00 bits per heavy atom. The monoisotopic (exact) mass is 289 g/mol. The molecule has 1 saturated heterocycles. The number of hydrogen-bond donors (Lipinski definition) is 1. The van der Waals surface area contributed by atoms with Gasteiger partial charge in [-0.3, -0.25) is 0 Å². The van der Waals surface area contributed by atoms with Gasteiger partial charge in [-0.1, -0.05) is 17.7 Å². The first kappa shape index (κ1) is 13.6. The second-order valence-corrected chi connectivity index (χ2v) is 7.11. The Morgan fingerprint density at radius 1 is 1.33 bits per heavy atom. The summed E-state index contributed by atoms with van der Waals surface area (Å²) >= 11 is 6.01. The minimum Gasteiger partial charge on any atom is -0.398 e. The van der Waals surface area contributed by atoms with Gasteiger partial charge in [0.05, 0.1) is 11.0 Å². The zero-order valence-electron chi connectivity index (χ0n) is 9.93. The maximum Gasteiger partial charge on any atom is 0.157 e. The average molecular weight is 290 g/mol. The largest absolute Gasteiger partial charge is 0.398 e. The predicted molar refractivity (Wildman–Crippen MR) is 72.3 cm³/mol. The molecule has 1 fully saturated rings. The number of sulfone groups is 1. The van der Waals surface area contributed by atoms with E-state index >= 15 is 0 Å². The van der Waals surface area contributed by atoms with E-state index in [0.29, 0.717) is 42.3 Å². The summed E-state index contributed by atoms with van der Waals surface area (Å²) in [5.41, 5.74) is 6.72. The van der Waals surface area contributed by atoms with Crippen molar-refractivity contribution in [3.8, 4) is 0 Å². The van der Waals surface area contributed by atoms with Crippen LogP contribution in [0.4, 0.5) is 5.69 Å². The molecule has 1 aromatic carbocycles. The minimum atomic E-state index is -3.23. The van der Waals surface area contributed by atoms with Crippen molar-refractivity contribution >= 4 is 27.1 Å². The number of ether oxygens (including phenoxy) is 1. The smallest absolute Gasteiger partial charge is 0.157 e. The van der Waals surface area contributed by atoms with Gasteiger partial charge in [-0.2, -0.15) is 0 Å². The molecule has 2 rings (SSSR count). The van der Waals surface area contributed by atoms with Crippen LogP contribution in [0.5, 0.6) is 0 Å². The minimum absolute atomic E-state index is 0.0941. The normalized spacial score (nSPS) is 17.8. The molecule has 1 heterocycles. The topological polar surface area (TPSA) is 69.4 Å². The summed E-state index contributed by atoms with van der Waals surface area (Å²) in [6.07, 6.45) is 1.10. The molecule has 0 aliphatic carbocycles. The van der Waals surface area contributed by atoms with Crippen molar-refractivity contribution in [3.63, 3.8) is 0 Å². The first-order valence-electron chi connectivity index (χ1n) is 5.83. The highest BCUT2D eigenvalue weighted by Gasteiger charge is 2.29. The molecule has 0 spiro atoms. The fraction of sp³-hybridized carbons (Fsp3) is 0.500. The molecule has 0 aromatic heterocycles. The second-order valence-electron chi connectivity index (χ2n) is 4.43. The molecule has 0 unspecified atom stereocenters. The Morgan fingerprint density at radius 3 is 2.61 bits per heavy atom. The lowest BCUT2D eigenvalue weighted by atomic mass is 10.2. The number of benzene rings is 1. The summed E-state index contributed by atoms with van der Waals surface area (Å²) in [5, 5.41) is 0.0626. The molecule has 2 N–H and O–H groups in total. The highest BCUT2D eigenvalue weighted by atomic mass is 35.5. The predicted octanol–water partition coefficient (Wildman–Crippen LogP) is 2.02. The Kier molecular flexibility index (Phi) is 4.14. The first-order valence-corrected chi connectivity index (χ1v) is 7.92. The number of anilines is 1. The van der Waals surface area contributed by atoms with Gasteiger partial charge in [0, 0.05) is 29.5 Å². The molecule has 0 saturated carbocycles. The molecule has 100 valence electrons. The molecule has 0 bridgehead atoms. The van der Waals surface area contributed by atoms with Crippen molar-refractivity contribution in [3.05, 3.63) is 28.8 Å². The fourth-order valence-electron chi connectivity index (χ4n) is 2.08. The van der Waals surface area contributed by atoms with E-state index in [-0.39, 0.29) is 11.0 Å². The number of halogens is 1. The number of nitrogen functional groups attached to an aromatic ring is 1. The van der Waals surface area contributed by atoms with Crippen LogP contribution in [0.1, 0.15) is 18.4 Å². The van der Waals surface area contributed by atoms with Crippen molar-refractivity contribution in [2.45, 2.75) is 23.8 Å². The van der Waals surface area contributed by atoms with Gasteiger partial charge in [0.2, 0.25) is 0 Å². The fourth-order valence-corrected chi connectivity index (χ4v) is 4.28. The van der Waals surface area contributed by atoms with Gasteiger partial charge in [0.15, 0.2) is 9.84 Å². The van der Waals surface area contributed by atoms with Crippen LogP contribution in [0.15, 0.2) is 18.2 Å². The van der Waals surface area contributed by atoms with Crippen LogP contribution in [0.25, 0.3) is 0 Å². The van der Waals surface area contributed by atoms with Crippen LogP contribution in [0.2, 0.25) is 5.02 Å². The van der Waals surface area contributed by atoms with E-state index < -0.39 is 9.84 Å². The van der Waals surface area contributed by atoms with E-state index in [9.17, 15) is 8.42 Å². The molecular weight excluding hydrogens is 274 g/mol. The standard InChI is InChI=1S/C12H16ClNO3S/c13-11-2-1-3-12(14)10(11)8-18(15,16)9-4-6-17-7-5-9/h1-3,9H,4-8,14H2. The lowest BCUT2D eigenvalue weighted by Gasteiger charge is -2.22. The van der Waals surface area contributed by atoms with Crippen LogP contribution in [0.3, 0.4) is 0 Å². The van der Waals surface area contributed by atoms with E-state index in [1.807, 2.05) is 0 Å². The van der Waals surface area contributed by atoms with Crippen molar-refractivity contribution < 1.29 is 13.2 Å². The van der Waals surface area contributed by atoms with Gasteiger partial charge in [0.25, 0.3) is 0 Å². The summed E-state index contributed by atoms with van der Waals surface area (Å²) in [7, 11) is -3.23. The maximum atomic E-state index is 12.3. The SMILES string of the molecule is Nc1cccc(Cl)c1CS(=O)(=O)C1CCOCC1. The van der Waals surface area contributed by atoms with Gasteiger partial charge in [-0.25, -0.2) is 8.42 Å². The molecule has 1 aliphatic rings. The first-order chi connectivity index (χ1) is 8.50. The summed E-state index contributed by atoms with van der Waals surface area (Å²) in [6, 6.07) is 5.04. The van der Waals surface area contributed by atoms with Crippen molar-refractivity contribution in [2.75, 3.05) is 18.9 Å². The Bertz CT molecular complexity index is 504. The Labute approximate surface area is 112 Å². The highest BCUT2D eigenvalue weighted by Crippen LogP contribution is 2.27. The van der Waals surface area contributed by atoms with Crippen LogP contribution in [-0.2, 0) is 20.3 Å². The van der Waals surface area contributed by atoms with Crippen LogP contribution < -0.4 is 5.73 Å². The lowest BCUT2D eigenvalue weighted by molar-refractivity contribution is 0.0983.